The van der Waals surface area contributed by atoms with Crippen LogP contribution in [0.4, 0.5) is 0 Å². The zero-order chi connectivity index (χ0) is 15.7. The normalized spacial score (nSPS) is 10.9. The number of nitrogens with zero attached hydrogens (tertiary/aromatic N) is 4. The van der Waals surface area contributed by atoms with E-state index in [2.05, 4.69) is 42.1 Å². The molecule has 0 saturated heterocycles. The summed E-state index contributed by atoms with van der Waals surface area (Å²) in [5, 5.41) is 4.16. The van der Waals surface area contributed by atoms with Gasteiger partial charge in [0.2, 0.25) is 0 Å². The van der Waals surface area contributed by atoms with Gasteiger partial charge in [-0.05, 0) is 31.0 Å². The van der Waals surface area contributed by atoms with Crippen molar-refractivity contribution in [2.45, 2.75) is 20.4 Å². The second-order valence-corrected chi connectivity index (χ2v) is 5.54. The molecule has 2 aromatic heterocycles. The van der Waals surface area contributed by atoms with Gasteiger partial charge in [0.25, 0.3) is 5.91 Å². The Morgan fingerprint density at radius 3 is 2.91 bits per heavy atom. The molecule has 0 saturated carbocycles. The van der Waals surface area contributed by atoms with Crippen LogP contribution in [0.15, 0.2) is 42.9 Å². The number of fused-ring (bicyclic) bond motifs is 1. The van der Waals surface area contributed by atoms with Crippen LogP contribution in [0, 0.1) is 13.8 Å². The van der Waals surface area contributed by atoms with E-state index in [1.807, 2.05) is 0 Å². The summed E-state index contributed by atoms with van der Waals surface area (Å²) in [5.74, 6) is -0.0753. The van der Waals surface area contributed by atoms with E-state index in [1.165, 1.54) is 11.1 Å². The molecule has 1 amide bonds. The molecule has 0 aliphatic rings. The summed E-state index contributed by atoms with van der Waals surface area (Å²) in [7, 11) is 1.80. The number of amides is 1. The Morgan fingerprint density at radius 2 is 2.14 bits per heavy atom. The minimum atomic E-state index is -0.0753. The molecule has 2 heterocycles. The highest BCUT2D eigenvalue weighted by molar-refractivity contribution is 5.99. The molecule has 3 rings (SSSR count). The molecule has 0 aliphatic carbocycles. The van der Waals surface area contributed by atoms with E-state index in [4.69, 9.17) is 0 Å². The minimum absolute atomic E-state index is 0.0753. The molecule has 112 valence electrons. The molecule has 0 atom stereocenters. The van der Waals surface area contributed by atoms with Gasteiger partial charge in [-0.2, -0.15) is 5.10 Å². The maximum absolute atomic E-state index is 12.6. The van der Waals surface area contributed by atoms with Gasteiger partial charge in [-0.1, -0.05) is 23.8 Å². The summed E-state index contributed by atoms with van der Waals surface area (Å²) in [6, 6.07) is 8.05. The number of aryl methyl sites for hydroxylation is 2. The average molecular weight is 294 g/mol. The quantitative estimate of drug-likeness (QED) is 0.746. The van der Waals surface area contributed by atoms with Crippen LogP contribution >= 0.6 is 0 Å². The van der Waals surface area contributed by atoms with E-state index in [0.29, 0.717) is 17.8 Å². The molecular weight excluding hydrogens is 276 g/mol. The van der Waals surface area contributed by atoms with Crippen LogP contribution in [0.2, 0.25) is 0 Å². The fraction of sp³-hybridized carbons (Fsp3) is 0.235. The van der Waals surface area contributed by atoms with Gasteiger partial charge in [-0.15, -0.1) is 0 Å². The van der Waals surface area contributed by atoms with Crippen molar-refractivity contribution < 1.29 is 4.79 Å². The topological polar surface area (TPSA) is 50.5 Å². The first-order valence-corrected chi connectivity index (χ1v) is 7.16. The number of hydrogen-bond donors (Lipinski definition) is 0. The molecule has 0 radical (unpaired) electrons. The maximum atomic E-state index is 12.6. The Bertz CT molecular complexity index is 838. The number of rotatable bonds is 3. The van der Waals surface area contributed by atoms with Crippen molar-refractivity contribution in [2.24, 2.45) is 0 Å². The van der Waals surface area contributed by atoms with E-state index in [1.54, 1.807) is 41.1 Å². The van der Waals surface area contributed by atoms with Crippen LogP contribution in [-0.4, -0.2) is 32.5 Å². The Labute approximate surface area is 129 Å². The second-order valence-electron chi connectivity index (χ2n) is 5.54. The predicted octanol–water partition coefficient (Wildman–Crippen LogP) is 2.62. The van der Waals surface area contributed by atoms with Crippen LogP contribution in [0.25, 0.3) is 5.65 Å². The number of carbonyl (C=O) groups is 1. The number of benzene rings is 1. The largest absolute Gasteiger partial charge is 0.337 e. The fourth-order valence-corrected chi connectivity index (χ4v) is 2.53. The number of carbonyl (C=O) groups excluding carboxylic acids is 1. The van der Waals surface area contributed by atoms with Crippen LogP contribution < -0.4 is 0 Å². The van der Waals surface area contributed by atoms with Crippen LogP contribution in [0.3, 0.4) is 0 Å². The lowest BCUT2D eigenvalue weighted by atomic mass is 10.1. The fourth-order valence-electron chi connectivity index (χ4n) is 2.53. The third kappa shape index (κ3) is 2.57. The van der Waals surface area contributed by atoms with Crippen molar-refractivity contribution >= 4 is 11.6 Å². The van der Waals surface area contributed by atoms with Gasteiger partial charge in [0.15, 0.2) is 5.65 Å². The van der Waals surface area contributed by atoms with Gasteiger partial charge in [0.1, 0.15) is 5.56 Å². The molecule has 5 heteroatoms. The third-order valence-electron chi connectivity index (χ3n) is 3.76. The SMILES string of the molecule is Cc1ccc(CN(C)C(=O)c2cnn3cccnc23)c(C)c1. The molecule has 1 aromatic carbocycles. The van der Waals surface area contributed by atoms with Gasteiger partial charge < -0.3 is 4.90 Å². The zero-order valence-electron chi connectivity index (χ0n) is 12.9. The third-order valence-corrected chi connectivity index (χ3v) is 3.76. The summed E-state index contributed by atoms with van der Waals surface area (Å²) in [6.07, 6.45) is 5.02. The highest BCUT2D eigenvalue weighted by Crippen LogP contribution is 2.15. The van der Waals surface area contributed by atoms with E-state index in [0.717, 1.165) is 5.56 Å². The average Bonchev–Trinajstić information content (AvgIpc) is 2.93. The Balaban J connectivity index is 1.85. The number of hydrogen-bond acceptors (Lipinski definition) is 3. The van der Waals surface area contributed by atoms with Crippen molar-refractivity contribution in [2.75, 3.05) is 7.05 Å². The van der Waals surface area contributed by atoms with Gasteiger partial charge >= 0.3 is 0 Å². The first-order chi connectivity index (χ1) is 10.6. The minimum Gasteiger partial charge on any atom is -0.337 e. The van der Waals surface area contributed by atoms with Crippen LogP contribution in [0.5, 0.6) is 0 Å². The van der Waals surface area contributed by atoms with E-state index in [9.17, 15) is 4.79 Å². The first-order valence-electron chi connectivity index (χ1n) is 7.16. The Hall–Kier alpha value is -2.69. The Kier molecular flexibility index (Phi) is 3.63. The number of aromatic nitrogens is 3. The molecular formula is C17H18N4O. The molecule has 0 fully saturated rings. The summed E-state index contributed by atoms with van der Waals surface area (Å²) < 4.78 is 1.61. The predicted molar refractivity (Wildman–Crippen MR) is 84.7 cm³/mol. The summed E-state index contributed by atoms with van der Waals surface area (Å²) in [5.41, 5.74) is 4.67. The van der Waals surface area contributed by atoms with Gasteiger partial charge in [-0.25, -0.2) is 9.50 Å². The van der Waals surface area contributed by atoms with Crippen molar-refractivity contribution in [1.29, 1.82) is 0 Å². The lowest BCUT2D eigenvalue weighted by Crippen LogP contribution is -2.26. The maximum Gasteiger partial charge on any atom is 0.259 e. The molecule has 0 aliphatic heterocycles. The molecule has 0 bridgehead atoms. The summed E-state index contributed by atoms with van der Waals surface area (Å²) in [4.78, 5) is 18.6. The molecule has 3 aromatic rings. The molecule has 0 unspecified atom stereocenters. The van der Waals surface area contributed by atoms with E-state index >= 15 is 0 Å². The van der Waals surface area contributed by atoms with Gasteiger partial charge in [-0.3, -0.25) is 4.79 Å². The summed E-state index contributed by atoms with van der Waals surface area (Å²) in [6.45, 7) is 4.70. The Morgan fingerprint density at radius 1 is 1.32 bits per heavy atom. The first kappa shape index (κ1) is 14.3. The van der Waals surface area contributed by atoms with Crippen molar-refractivity contribution in [3.63, 3.8) is 0 Å². The summed E-state index contributed by atoms with van der Waals surface area (Å²) >= 11 is 0. The smallest absolute Gasteiger partial charge is 0.259 e. The van der Waals surface area contributed by atoms with Crippen LogP contribution in [0.1, 0.15) is 27.0 Å². The molecule has 22 heavy (non-hydrogen) atoms. The van der Waals surface area contributed by atoms with Crippen molar-refractivity contribution in [1.82, 2.24) is 19.5 Å². The van der Waals surface area contributed by atoms with Gasteiger partial charge in [0.05, 0.1) is 6.20 Å². The monoisotopic (exact) mass is 294 g/mol. The lowest BCUT2D eigenvalue weighted by molar-refractivity contribution is 0.0786. The van der Waals surface area contributed by atoms with Crippen molar-refractivity contribution in [3.8, 4) is 0 Å². The highest BCUT2D eigenvalue weighted by Gasteiger charge is 2.18. The highest BCUT2D eigenvalue weighted by atomic mass is 16.2. The van der Waals surface area contributed by atoms with E-state index < -0.39 is 0 Å². The molecule has 0 spiro atoms. The molecule has 0 N–H and O–H groups in total. The van der Waals surface area contributed by atoms with Gasteiger partial charge in [0, 0.05) is 26.0 Å². The standard InChI is InChI=1S/C17H18N4O/c1-12-5-6-14(13(2)9-12)11-20(3)17(22)15-10-19-21-8-4-7-18-16(15)21/h4-10H,11H2,1-3H3. The lowest BCUT2D eigenvalue weighted by Gasteiger charge is -2.18. The molecule has 5 nitrogen and oxygen atoms in total. The van der Waals surface area contributed by atoms with Crippen LogP contribution in [-0.2, 0) is 6.54 Å². The second kappa shape index (κ2) is 5.60. The van der Waals surface area contributed by atoms with E-state index in [-0.39, 0.29) is 5.91 Å². The zero-order valence-corrected chi connectivity index (χ0v) is 12.9. The van der Waals surface area contributed by atoms with Crippen molar-refractivity contribution in [3.05, 3.63) is 65.1 Å².